The molecule has 2 aromatic carbocycles. The number of aliphatic hydroxyl groups is 1. The highest BCUT2D eigenvalue weighted by Crippen LogP contribution is 2.36. The number of aryl methyl sites for hydroxylation is 1. The van der Waals surface area contributed by atoms with Crippen molar-refractivity contribution in [2.45, 2.75) is 48.8 Å². The molecular weight excluding hydrogens is 412 g/mol. The van der Waals surface area contributed by atoms with E-state index in [1.807, 2.05) is 37.3 Å². The van der Waals surface area contributed by atoms with Gasteiger partial charge in [-0.25, -0.2) is 0 Å². The van der Waals surface area contributed by atoms with Gasteiger partial charge in [0.1, 0.15) is 18.3 Å². The van der Waals surface area contributed by atoms with E-state index < -0.39 is 47.1 Å². The lowest BCUT2D eigenvalue weighted by atomic mass is 9.98. The Morgan fingerprint density at radius 3 is 2.40 bits per heavy atom. The number of benzene rings is 2. The van der Waals surface area contributed by atoms with Crippen molar-refractivity contribution in [1.82, 2.24) is 0 Å². The summed E-state index contributed by atoms with van der Waals surface area (Å²) in [5, 5.41) is 11.0. The summed E-state index contributed by atoms with van der Waals surface area (Å²) in [6.45, 7) is 2.00. The second-order valence-corrected chi connectivity index (χ2v) is 8.85. The van der Waals surface area contributed by atoms with Crippen LogP contribution in [0.5, 0.6) is 0 Å². The average molecular weight is 436 g/mol. The molecule has 0 spiro atoms. The third kappa shape index (κ3) is 4.28. The van der Waals surface area contributed by atoms with Crippen LogP contribution in [0, 0.1) is 6.92 Å². The molecule has 2 aliphatic rings. The van der Waals surface area contributed by atoms with Crippen LogP contribution in [-0.2, 0) is 33.2 Å². The lowest BCUT2D eigenvalue weighted by Gasteiger charge is -2.46. The summed E-state index contributed by atoms with van der Waals surface area (Å²) in [5.74, 6) is 0. The van der Waals surface area contributed by atoms with Crippen LogP contribution in [-0.4, -0.2) is 57.9 Å². The fraction of sp³-hybridized carbons (Fsp3) is 0.429. The zero-order valence-corrected chi connectivity index (χ0v) is 17.4. The van der Waals surface area contributed by atoms with Crippen LogP contribution >= 0.6 is 0 Å². The Kier molecular flexibility index (Phi) is 6.21. The van der Waals surface area contributed by atoms with Gasteiger partial charge in [0.05, 0.1) is 11.5 Å². The van der Waals surface area contributed by atoms with E-state index in [4.69, 9.17) is 23.1 Å². The minimum absolute atomic E-state index is 0.0210. The van der Waals surface area contributed by atoms with Crippen molar-refractivity contribution in [1.29, 1.82) is 0 Å². The molecule has 0 radical (unpaired) electrons. The van der Waals surface area contributed by atoms with Gasteiger partial charge in [-0.1, -0.05) is 48.0 Å². The second kappa shape index (κ2) is 8.72. The van der Waals surface area contributed by atoms with Gasteiger partial charge in [-0.05, 0) is 19.1 Å². The zero-order valence-electron chi connectivity index (χ0n) is 16.6. The lowest BCUT2D eigenvalue weighted by molar-refractivity contribution is -0.354. The number of aliphatic hydroxyl groups excluding tert-OH is 1. The van der Waals surface area contributed by atoms with Crippen LogP contribution in [0.3, 0.4) is 0 Å². The van der Waals surface area contributed by atoms with Crippen LogP contribution < -0.4 is 0 Å². The van der Waals surface area contributed by atoms with Crippen molar-refractivity contribution in [2.75, 3.05) is 13.7 Å². The van der Waals surface area contributed by atoms with E-state index in [2.05, 4.69) is 0 Å². The van der Waals surface area contributed by atoms with Crippen molar-refractivity contribution < 1.29 is 36.7 Å². The molecule has 0 unspecified atom stereocenters. The number of ether oxygens (including phenoxy) is 4. The van der Waals surface area contributed by atoms with Crippen LogP contribution in [0.25, 0.3) is 0 Å². The Hall–Kier alpha value is -1.85. The first-order valence-electron chi connectivity index (χ1n) is 9.57. The molecule has 0 amide bonds. The Morgan fingerprint density at radius 2 is 1.73 bits per heavy atom. The molecule has 0 saturated carbocycles. The van der Waals surface area contributed by atoms with Crippen LogP contribution in [0.4, 0.5) is 0 Å². The molecule has 2 saturated heterocycles. The summed E-state index contributed by atoms with van der Waals surface area (Å²) in [7, 11) is -2.81. The number of methoxy groups -OCH3 is 1. The Balaban J connectivity index is 1.55. The molecule has 4 rings (SSSR count). The molecule has 0 aromatic heterocycles. The summed E-state index contributed by atoms with van der Waals surface area (Å²) in [6.07, 6.45) is -5.93. The third-order valence-corrected chi connectivity index (χ3v) is 6.49. The fourth-order valence-corrected chi connectivity index (χ4v) is 4.62. The molecule has 1 N–H and O–H groups in total. The topological polar surface area (TPSA) is 101 Å². The maximum atomic E-state index is 12.8. The predicted molar refractivity (Wildman–Crippen MR) is 105 cm³/mol. The molecule has 162 valence electrons. The van der Waals surface area contributed by atoms with Crippen LogP contribution in [0.2, 0.25) is 0 Å². The normalized spacial score (nSPS) is 31.8. The summed E-state index contributed by atoms with van der Waals surface area (Å²) in [6, 6.07) is 15.5. The van der Waals surface area contributed by atoms with E-state index in [1.54, 1.807) is 12.1 Å². The first-order chi connectivity index (χ1) is 14.4. The van der Waals surface area contributed by atoms with Gasteiger partial charge in [0.25, 0.3) is 10.1 Å². The largest absolute Gasteiger partial charge is 0.387 e. The van der Waals surface area contributed by atoms with Gasteiger partial charge in [-0.2, -0.15) is 8.42 Å². The van der Waals surface area contributed by atoms with E-state index in [0.29, 0.717) is 0 Å². The summed E-state index contributed by atoms with van der Waals surface area (Å²) in [4.78, 5) is -0.0210. The highest BCUT2D eigenvalue weighted by Gasteiger charge is 2.51. The van der Waals surface area contributed by atoms with Crippen molar-refractivity contribution >= 4 is 10.1 Å². The monoisotopic (exact) mass is 436 g/mol. The predicted octanol–water partition coefficient (Wildman–Crippen LogP) is 1.92. The van der Waals surface area contributed by atoms with Gasteiger partial charge in [0.2, 0.25) is 0 Å². The molecule has 2 aromatic rings. The highest BCUT2D eigenvalue weighted by molar-refractivity contribution is 7.86. The number of hydrogen-bond acceptors (Lipinski definition) is 8. The van der Waals surface area contributed by atoms with Gasteiger partial charge < -0.3 is 24.1 Å². The van der Waals surface area contributed by atoms with Crippen molar-refractivity contribution in [2.24, 2.45) is 0 Å². The quantitative estimate of drug-likeness (QED) is 0.710. The van der Waals surface area contributed by atoms with Crippen LogP contribution in [0.1, 0.15) is 17.4 Å². The lowest BCUT2D eigenvalue weighted by Crippen LogP contribution is -2.63. The summed E-state index contributed by atoms with van der Waals surface area (Å²) < 4.78 is 53.5. The standard InChI is InChI=1S/C21H24O8S/c1-13-8-10-15(11-9-13)30(23,24)29-19-17(22)18-16(27-21(19)25-2)12-26-20(28-18)14-6-4-3-5-7-14/h3-11,16-22H,12H2,1-2H3/t16-,17+,18+,19-,20+,21-/m1/s1. The molecule has 30 heavy (non-hydrogen) atoms. The van der Waals surface area contributed by atoms with E-state index in [0.717, 1.165) is 11.1 Å². The zero-order chi connectivity index (χ0) is 21.3. The average Bonchev–Trinajstić information content (AvgIpc) is 2.76. The SMILES string of the molecule is CO[C@@H]1O[C@@H]2CO[C@H](c3ccccc3)O[C@@H]2[C@H](O)[C@H]1OS(=O)(=O)c1ccc(C)cc1. The molecule has 0 aliphatic carbocycles. The highest BCUT2D eigenvalue weighted by atomic mass is 32.2. The first kappa shape index (κ1) is 21.4. The number of rotatable bonds is 5. The van der Waals surface area contributed by atoms with Crippen molar-refractivity contribution in [3.05, 3.63) is 65.7 Å². The van der Waals surface area contributed by atoms with Gasteiger partial charge >= 0.3 is 0 Å². The molecule has 8 nitrogen and oxygen atoms in total. The van der Waals surface area contributed by atoms with Crippen LogP contribution in [0.15, 0.2) is 59.5 Å². The van der Waals surface area contributed by atoms with E-state index >= 15 is 0 Å². The van der Waals surface area contributed by atoms with Gasteiger partial charge in [-0.15, -0.1) is 0 Å². The Labute approximate surface area is 175 Å². The maximum absolute atomic E-state index is 12.8. The number of fused-ring (bicyclic) bond motifs is 1. The Morgan fingerprint density at radius 1 is 1.03 bits per heavy atom. The fourth-order valence-electron chi connectivity index (χ4n) is 3.55. The molecule has 2 heterocycles. The molecular formula is C21H24O8S. The minimum Gasteiger partial charge on any atom is -0.387 e. The van der Waals surface area contributed by atoms with E-state index in [1.165, 1.54) is 19.2 Å². The first-order valence-corrected chi connectivity index (χ1v) is 11.0. The molecule has 2 aliphatic heterocycles. The summed E-state index contributed by atoms with van der Waals surface area (Å²) >= 11 is 0. The molecule has 6 atom stereocenters. The van der Waals surface area contributed by atoms with Gasteiger partial charge in [0.15, 0.2) is 18.7 Å². The van der Waals surface area contributed by atoms with Crippen molar-refractivity contribution in [3.8, 4) is 0 Å². The van der Waals surface area contributed by atoms with Gasteiger partial charge in [-0.3, -0.25) is 4.18 Å². The Bertz CT molecular complexity index is 947. The smallest absolute Gasteiger partial charge is 0.297 e. The van der Waals surface area contributed by atoms with E-state index in [9.17, 15) is 13.5 Å². The summed E-state index contributed by atoms with van der Waals surface area (Å²) in [5.41, 5.74) is 1.69. The third-order valence-electron chi connectivity index (χ3n) is 5.16. The minimum atomic E-state index is -4.16. The van der Waals surface area contributed by atoms with E-state index in [-0.39, 0.29) is 11.5 Å². The second-order valence-electron chi connectivity index (χ2n) is 7.27. The molecule has 2 fully saturated rings. The van der Waals surface area contributed by atoms with Crippen molar-refractivity contribution in [3.63, 3.8) is 0 Å². The van der Waals surface area contributed by atoms with Gasteiger partial charge in [0, 0.05) is 12.7 Å². The molecule has 9 heteroatoms. The maximum Gasteiger partial charge on any atom is 0.297 e. The molecule has 0 bridgehead atoms. The number of hydrogen-bond donors (Lipinski definition) is 1.